The average Bonchev–Trinajstić information content (AvgIpc) is 3.25. The van der Waals surface area contributed by atoms with Crippen molar-refractivity contribution < 1.29 is 18.0 Å². The van der Waals surface area contributed by atoms with Crippen LogP contribution >= 0.6 is 35.6 Å². The molecule has 1 heterocycles. The molecule has 1 aromatic heterocycles. The van der Waals surface area contributed by atoms with E-state index in [1.54, 1.807) is 36.4 Å². The second kappa shape index (κ2) is 9.89. The van der Waals surface area contributed by atoms with Gasteiger partial charge in [0.25, 0.3) is 0 Å². The van der Waals surface area contributed by atoms with E-state index >= 15 is 0 Å². The van der Waals surface area contributed by atoms with E-state index in [0.29, 0.717) is 32.3 Å². The number of rotatable bonds is 5. The van der Waals surface area contributed by atoms with Gasteiger partial charge in [0, 0.05) is 39.9 Å². The van der Waals surface area contributed by atoms with Gasteiger partial charge >= 0.3 is 0 Å². The smallest absolute Gasteiger partial charge is 0.227 e. The molecule has 1 N–H and O–H groups in total. The predicted octanol–water partition coefficient (Wildman–Crippen LogP) is 6.43. The summed E-state index contributed by atoms with van der Waals surface area (Å²) in [6.07, 6.45) is 1.17. The van der Waals surface area contributed by atoms with Crippen LogP contribution in [-0.2, 0) is 9.84 Å². The molecule has 0 amide bonds. The van der Waals surface area contributed by atoms with Crippen LogP contribution in [0.1, 0.15) is 0 Å². The van der Waals surface area contributed by atoms with Gasteiger partial charge in [0.2, 0.25) is 5.89 Å². The molecule has 174 valence electrons. The summed E-state index contributed by atoms with van der Waals surface area (Å²) in [6.45, 7) is 0. The zero-order valence-electron chi connectivity index (χ0n) is 18.1. The third-order valence-corrected chi connectivity index (χ3v) is 7.66. The van der Waals surface area contributed by atoms with Gasteiger partial charge in [-0.3, -0.25) is 5.21 Å². The van der Waals surface area contributed by atoms with Gasteiger partial charge in [-0.05, 0) is 54.6 Å². The molecule has 0 saturated heterocycles. The van der Waals surface area contributed by atoms with Gasteiger partial charge in [-0.1, -0.05) is 53.8 Å². The minimum absolute atomic E-state index is 0.221. The topological polar surface area (TPSA) is 83.6 Å². The van der Waals surface area contributed by atoms with Crippen LogP contribution in [0.15, 0.2) is 87.0 Å². The Kier molecular flexibility index (Phi) is 7.11. The first kappa shape index (κ1) is 24.4. The third-order valence-electron chi connectivity index (χ3n) is 4.84. The van der Waals surface area contributed by atoms with Crippen LogP contribution in [-0.4, -0.2) is 41.3 Å². The van der Waals surface area contributed by atoms with Crippen LogP contribution in [0.5, 0.6) is 0 Å². The number of hydrogen-bond acceptors (Lipinski definition) is 7. The molecule has 0 aliphatic heterocycles. The van der Waals surface area contributed by atoms with E-state index < -0.39 is 9.84 Å². The maximum atomic E-state index is 11.9. The fourth-order valence-electron chi connectivity index (χ4n) is 3.16. The van der Waals surface area contributed by atoms with E-state index in [9.17, 15) is 13.6 Å². The minimum atomic E-state index is -3.32. The van der Waals surface area contributed by atoms with Gasteiger partial charge in [-0.2, -0.15) is 0 Å². The van der Waals surface area contributed by atoms with Crippen LogP contribution in [0.25, 0.3) is 34.0 Å². The monoisotopic (exact) mass is 530 g/mol. The van der Waals surface area contributed by atoms with Crippen LogP contribution in [0.2, 0.25) is 5.02 Å². The Hall–Kier alpha value is -2.69. The quantitative estimate of drug-likeness (QED) is 0.179. The molecule has 0 saturated carbocycles. The largest absolute Gasteiger partial charge is 0.435 e. The van der Waals surface area contributed by atoms with Crippen molar-refractivity contribution >= 4 is 49.7 Å². The lowest BCUT2D eigenvalue weighted by atomic mass is 10.1. The Bertz CT molecular complexity index is 1450. The van der Waals surface area contributed by atoms with E-state index in [2.05, 4.69) is 0 Å². The van der Waals surface area contributed by atoms with Crippen molar-refractivity contribution in [2.45, 2.75) is 9.79 Å². The first-order chi connectivity index (χ1) is 16.1. The van der Waals surface area contributed by atoms with Gasteiger partial charge in [0.1, 0.15) is 5.69 Å². The minimum Gasteiger partial charge on any atom is -0.435 e. The van der Waals surface area contributed by atoms with Crippen molar-refractivity contribution in [3.05, 3.63) is 77.8 Å². The molecule has 0 atom stereocenters. The molecule has 6 nitrogen and oxygen atoms in total. The second-order valence-corrected chi connectivity index (χ2v) is 11.6. The summed E-state index contributed by atoms with van der Waals surface area (Å²) >= 11 is 12.5. The Balaban J connectivity index is 1.80. The number of sulfone groups is 1. The number of oxazole rings is 1. The summed E-state index contributed by atoms with van der Waals surface area (Å²) in [5, 5.41) is 11.0. The molecule has 0 unspecified atom stereocenters. The summed E-state index contributed by atoms with van der Waals surface area (Å²) in [5.41, 5.74) is 2.81. The summed E-state index contributed by atoms with van der Waals surface area (Å²) in [6, 6.07) is 21.2. The maximum absolute atomic E-state index is 11.9. The zero-order chi connectivity index (χ0) is 24.5. The molecule has 0 fully saturated rings. The van der Waals surface area contributed by atoms with Gasteiger partial charge < -0.3 is 4.42 Å². The van der Waals surface area contributed by atoms with Crippen molar-refractivity contribution in [3.63, 3.8) is 0 Å². The first-order valence-corrected chi connectivity index (χ1v) is 13.4. The van der Waals surface area contributed by atoms with Crippen LogP contribution in [0.3, 0.4) is 0 Å². The molecule has 10 heteroatoms. The number of benzene rings is 3. The molecular weight excluding hydrogens is 512 g/mol. The summed E-state index contributed by atoms with van der Waals surface area (Å²) < 4.78 is 30.2. The lowest BCUT2D eigenvalue weighted by molar-refractivity contribution is 0.0205. The fourth-order valence-corrected chi connectivity index (χ4v) is 4.87. The Morgan fingerprint density at radius 1 is 1.03 bits per heavy atom. The maximum Gasteiger partial charge on any atom is 0.227 e. The van der Waals surface area contributed by atoms with E-state index in [1.807, 2.05) is 36.4 Å². The standard InChI is InChI=1S/C24H19ClN2O4S3/c1-27(28)24(32)33-19-5-3-4-17(14-19)23-26-21(15-6-10-18(25)11-7-15)22(31-23)16-8-12-20(13-9-16)34(2,29)30/h3-14,28H,1-2H3. The highest BCUT2D eigenvalue weighted by molar-refractivity contribution is 8.22. The highest BCUT2D eigenvalue weighted by Crippen LogP contribution is 2.37. The van der Waals surface area contributed by atoms with E-state index in [4.69, 9.17) is 33.2 Å². The fraction of sp³-hybridized carbons (Fsp3) is 0.0833. The Labute approximate surface area is 212 Å². The molecule has 0 radical (unpaired) electrons. The lowest BCUT2D eigenvalue weighted by Gasteiger charge is -2.10. The molecule has 3 aromatic carbocycles. The number of halogens is 1. The highest BCUT2D eigenvalue weighted by Gasteiger charge is 2.19. The molecule has 0 bridgehead atoms. The van der Waals surface area contributed by atoms with Crippen LogP contribution in [0, 0.1) is 0 Å². The van der Waals surface area contributed by atoms with Crippen molar-refractivity contribution in [2.24, 2.45) is 0 Å². The van der Waals surface area contributed by atoms with Gasteiger partial charge in [-0.15, -0.1) is 0 Å². The molecule has 34 heavy (non-hydrogen) atoms. The average molecular weight is 531 g/mol. The number of thioether (sulfide) groups is 1. The number of thiocarbonyl (C=S) groups is 1. The van der Waals surface area contributed by atoms with Gasteiger partial charge in [0.15, 0.2) is 19.9 Å². The van der Waals surface area contributed by atoms with Crippen molar-refractivity contribution in [2.75, 3.05) is 13.3 Å². The van der Waals surface area contributed by atoms with Crippen LogP contribution in [0.4, 0.5) is 0 Å². The van der Waals surface area contributed by atoms with E-state index in [0.717, 1.165) is 21.1 Å². The van der Waals surface area contributed by atoms with Crippen molar-refractivity contribution in [3.8, 4) is 34.0 Å². The molecular formula is C24H19ClN2O4S3. The number of nitrogens with zero attached hydrogens (tertiary/aromatic N) is 2. The number of aromatic nitrogens is 1. The summed E-state index contributed by atoms with van der Waals surface area (Å²) in [4.78, 5) is 5.79. The molecule has 4 aromatic rings. The summed E-state index contributed by atoms with van der Waals surface area (Å²) in [7, 11) is -1.86. The van der Waals surface area contributed by atoms with E-state index in [1.165, 1.54) is 25.1 Å². The normalized spacial score (nSPS) is 11.4. The van der Waals surface area contributed by atoms with Crippen LogP contribution < -0.4 is 0 Å². The van der Waals surface area contributed by atoms with Gasteiger partial charge in [-0.25, -0.2) is 18.5 Å². The molecule has 0 aliphatic rings. The van der Waals surface area contributed by atoms with E-state index in [-0.39, 0.29) is 4.90 Å². The number of hydrogen-bond donors (Lipinski definition) is 1. The Morgan fingerprint density at radius 3 is 2.29 bits per heavy atom. The predicted molar refractivity (Wildman–Crippen MR) is 139 cm³/mol. The molecule has 0 aliphatic carbocycles. The summed E-state index contributed by atoms with van der Waals surface area (Å²) in [5.74, 6) is 0.888. The SMILES string of the molecule is CN(O)C(=S)Sc1cccc(-c2nc(-c3ccc(Cl)cc3)c(-c3ccc(S(C)(=O)=O)cc3)o2)c1. The highest BCUT2D eigenvalue weighted by atomic mass is 35.5. The lowest BCUT2D eigenvalue weighted by Crippen LogP contribution is -2.16. The molecule has 4 rings (SSSR count). The molecule has 0 spiro atoms. The second-order valence-electron chi connectivity index (χ2n) is 7.42. The van der Waals surface area contributed by atoms with Crippen molar-refractivity contribution in [1.82, 2.24) is 10.0 Å². The third kappa shape index (κ3) is 5.51. The van der Waals surface area contributed by atoms with Gasteiger partial charge in [0.05, 0.1) is 4.90 Å². The Morgan fingerprint density at radius 2 is 1.68 bits per heavy atom. The zero-order valence-corrected chi connectivity index (χ0v) is 21.3. The first-order valence-electron chi connectivity index (χ1n) is 9.94. The number of hydroxylamine groups is 2. The van der Waals surface area contributed by atoms with Crippen molar-refractivity contribution in [1.29, 1.82) is 0 Å².